The molecule has 240 valence electrons. The van der Waals surface area contributed by atoms with E-state index in [0.717, 1.165) is 24.7 Å². The zero-order chi connectivity index (χ0) is 32.1. The van der Waals surface area contributed by atoms with E-state index in [2.05, 4.69) is 20.0 Å². The van der Waals surface area contributed by atoms with Crippen LogP contribution in [0, 0.1) is 12.7 Å². The Morgan fingerprint density at radius 1 is 1.02 bits per heavy atom. The Morgan fingerprint density at radius 3 is 2.62 bits per heavy atom. The number of aromatic nitrogens is 2. The quantitative estimate of drug-likeness (QED) is 0.432. The van der Waals surface area contributed by atoms with Crippen molar-refractivity contribution in [3.05, 3.63) is 71.3 Å². The summed E-state index contributed by atoms with van der Waals surface area (Å²) in [6, 6.07) is 12.1. The first-order valence-corrected chi connectivity index (χ1v) is 17.0. The number of carbonyl (C=O) groups is 2. The van der Waals surface area contributed by atoms with Crippen molar-refractivity contribution in [2.75, 3.05) is 37.7 Å². The van der Waals surface area contributed by atoms with E-state index in [-0.39, 0.29) is 47.5 Å². The smallest absolute Gasteiger partial charge is 0.272 e. The molecule has 6 rings (SSSR count). The first-order chi connectivity index (χ1) is 21.5. The summed E-state index contributed by atoms with van der Waals surface area (Å²) in [4.78, 5) is 39.8. The number of anilines is 1. The van der Waals surface area contributed by atoms with E-state index in [1.165, 1.54) is 12.1 Å². The fourth-order valence-corrected chi connectivity index (χ4v) is 6.32. The second-order valence-electron chi connectivity index (χ2n) is 11.7. The lowest BCUT2D eigenvalue weighted by atomic mass is 10.1. The van der Waals surface area contributed by atoms with Crippen molar-refractivity contribution in [1.29, 1.82) is 0 Å². The number of carbonyl (C=O) groups excluding carboxylic acids is 2. The second-order valence-corrected chi connectivity index (χ2v) is 13.5. The fraction of sp³-hybridized carbons (Fsp3) is 0.438. The van der Waals surface area contributed by atoms with Crippen molar-refractivity contribution in [3.8, 4) is 17.1 Å². The summed E-state index contributed by atoms with van der Waals surface area (Å²) in [7, 11) is -1.96. The van der Waals surface area contributed by atoms with Gasteiger partial charge in [0.1, 0.15) is 23.9 Å². The molecule has 2 N–H and O–H groups in total. The number of rotatable bonds is 5. The van der Waals surface area contributed by atoms with Crippen molar-refractivity contribution in [2.24, 2.45) is 0 Å². The number of ether oxygens (including phenoxy) is 1. The van der Waals surface area contributed by atoms with Crippen LogP contribution in [0.5, 0.6) is 5.75 Å². The predicted molar refractivity (Wildman–Crippen MR) is 169 cm³/mol. The van der Waals surface area contributed by atoms with Gasteiger partial charge in [-0.3, -0.25) is 14.3 Å². The van der Waals surface area contributed by atoms with Gasteiger partial charge < -0.3 is 19.9 Å². The van der Waals surface area contributed by atoms with Crippen LogP contribution < -0.4 is 14.8 Å². The summed E-state index contributed by atoms with van der Waals surface area (Å²) < 4.78 is 47.1. The zero-order valence-electron chi connectivity index (χ0n) is 25.8. The van der Waals surface area contributed by atoms with Crippen molar-refractivity contribution in [2.45, 2.75) is 57.7 Å². The third kappa shape index (κ3) is 8.34. The Labute approximate surface area is 263 Å². The van der Waals surface area contributed by atoms with Gasteiger partial charge in [0.05, 0.1) is 24.0 Å². The highest BCUT2D eigenvalue weighted by Crippen LogP contribution is 2.32. The SMILES string of the molecule is Cc1cc2nc(n1)-c1ccc(c(NS(C)(=O)=O)c1)OC[C@@H]1CCCN1C(=O)[C@@H](NCc1cccc(F)c1)CCCCN(C)C2=O. The van der Waals surface area contributed by atoms with Crippen LogP contribution in [-0.2, 0) is 21.4 Å². The Morgan fingerprint density at radius 2 is 1.84 bits per heavy atom. The summed E-state index contributed by atoms with van der Waals surface area (Å²) in [5.41, 5.74) is 2.26. The summed E-state index contributed by atoms with van der Waals surface area (Å²) in [6.45, 7) is 3.29. The van der Waals surface area contributed by atoms with Gasteiger partial charge in [0.15, 0.2) is 5.82 Å². The van der Waals surface area contributed by atoms with Gasteiger partial charge in [0.25, 0.3) is 5.91 Å². The number of fused-ring (bicyclic) bond motifs is 10. The van der Waals surface area contributed by atoms with E-state index in [9.17, 15) is 22.4 Å². The lowest BCUT2D eigenvalue weighted by Gasteiger charge is -2.30. The maximum absolute atomic E-state index is 13.9. The normalized spacial score (nSPS) is 19.8. The summed E-state index contributed by atoms with van der Waals surface area (Å²) in [5, 5.41) is 3.34. The fourth-order valence-electron chi connectivity index (χ4n) is 5.76. The molecular weight excluding hydrogens is 599 g/mol. The Hall–Kier alpha value is -4.10. The van der Waals surface area contributed by atoms with Gasteiger partial charge in [-0.1, -0.05) is 12.1 Å². The number of halogens is 1. The van der Waals surface area contributed by atoms with Crippen molar-refractivity contribution in [1.82, 2.24) is 25.1 Å². The lowest BCUT2D eigenvalue weighted by molar-refractivity contribution is -0.135. The van der Waals surface area contributed by atoms with Crippen LogP contribution in [0.4, 0.5) is 10.1 Å². The van der Waals surface area contributed by atoms with E-state index in [0.29, 0.717) is 55.9 Å². The highest BCUT2D eigenvalue weighted by molar-refractivity contribution is 7.92. The van der Waals surface area contributed by atoms with Crippen LogP contribution in [0.3, 0.4) is 0 Å². The van der Waals surface area contributed by atoms with Crippen LogP contribution in [0.25, 0.3) is 11.4 Å². The number of hydrogen-bond donors (Lipinski definition) is 2. The standard InChI is InChI=1S/C32H39FN6O5S/c1-21-16-28-31(40)38(2)14-5-4-11-26(34-19-22-8-6-9-24(33)17-22)32(41)39-15-7-10-25(39)20-44-29-13-12-23(30(35-21)36-28)18-27(29)37-45(3,42)43/h6,8-9,12-13,16-18,25-26,34,37H,4-5,7,10-11,14-15,19-20H2,1-3H3/t25-,26-/m0/s1. The molecule has 0 unspecified atom stereocenters. The maximum Gasteiger partial charge on any atom is 0.272 e. The Bertz CT molecular complexity index is 1670. The Kier molecular flexibility index (Phi) is 9.98. The van der Waals surface area contributed by atoms with Gasteiger partial charge in [-0.05, 0) is 81.0 Å². The summed E-state index contributed by atoms with van der Waals surface area (Å²) >= 11 is 0. The molecule has 3 aliphatic rings. The number of nitrogens with zero attached hydrogens (tertiary/aromatic N) is 4. The van der Waals surface area contributed by atoms with Crippen LogP contribution >= 0.6 is 0 Å². The van der Waals surface area contributed by atoms with Gasteiger partial charge in [-0.15, -0.1) is 0 Å². The molecule has 0 spiro atoms. The van der Waals surface area contributed by atoms with Crippen molar-refractivity contribution >= 4 is 27.5 Å². The van der Waals surface area contributed by atoms with E-state index in [4.69, 9.17) is 4.74 Å². The average molecular weight is 639 g/mol. The third-order valence-corrected chi connectivity index (χ3v) is 8.61. The number of amides is 2. The van der Waals surface area contributed by atoms with E-state index in [1.807, 2.05) is 11.0 Å². The predicted octanol–water partition coefficient (Wildman–Crippen LogP) is 3.75. The molecule has 0 aliphatic carbocycles. The number of sulfonamides is 1. The second kappa shape index (κ2) is 13.9. The molecule has 2 amide bonds. The van der Waals surface area contributed by atoms with Gasteiger partial charge in [0, 0.05) is 37.9 Å². The Balaban J connectivity index is 1.47. The topological polar surface area (TPSA) is 134 Å². The van der Waals surface area contributed by atoms with Crippen molar-refractivity contribution < 1.29 is 27.1 Å². The average Bonchev–Trinajstić information content (AvgIpc) is 3.46. The minimum atomic E-state index is -3.67. The van der Waals surface area contributed by atoms with Gasteiger partial charge in [0.2, 0.25) is 15.9 Å². The van der Waals surface area contributed by atoms with Crippen molar-refractivity contribution in [3.63, 3.8) is 0 Å². The van der Waals surface area contributed by atoms with Gasteiger partial charge in [-0.2, -0.15) is 0 Å². The van der Waals surface area contributed by atoms with Crippen LogP contribution in [0.2, 0.25) is 0 Å². The lowest BCUT2D eigenvalue weighted by Crippen LogP contribution is -2.49. The molecule has 1 saturated heterocycles. The molecule has 2 aromatic carbocycles. The molecule has 4 heterocycles. The first kappa shape index (κ1) is 32.3. The number of aryl methyl sites for hydroxylation is 1. The minimum absolute atomic E-state index is 0.0635. The van der Waals surface area contributed by atoms with E-state index >= 15 is 0 Å². The molecule has 3 aromatic rings. The molecule has 11 nitrogen and oxygen atoms in total. The molecule has 1 aromatic heterocycles. The highest BCUT2D eigenvalue weighted by atomic mass is 32.2. The number of benzene rings is 2. The van der Waals surface area contributed by atoms with Crippen LogP contribution in [0.15, 0.2) is 48.5 Å². The minimum Gasteiger partial charge on any atom is -0.489 e. The van der Waals surface area contributed by atoms with Gasteiger partial charge >= 0.3 is 0 Å². The molecule has 3 aliphatic heterocycles. The molecule has 0 saturated carbocycles. The first-order valence-electron chi connectivity index (χ1n) is 15.1. The van der Waals surface area contributed by atoms with E-state index < -0.39 is 16.1 Å². The number of hydrogen-bond acceptors (Lipinski definition) is 8. The third-order valence-electron chi connectivity index (χ3n) is 8.02. The summed E-state index contributed by atoms with van der Waals surface area (Å²) in [6.07, 6.45) is 4.47. The molecule has 2 atom stereocenters. The van der Waals surface area contributed by atoms with Crippen LogP contribution in [0.1, 0.15) is 53.8 Å². The molecule has 4 bridgehead atoms. The number of nitrogens with one attached hydrogen (secondary N) is 2. The summed E-state index contributed by atoms with van der Waals surface area (Å²) in [5.74, 6) is -0.0925. The van der Waals surface area contributed by atoms with Gasteiger partial charge in [-0.25, -0.2) is 22.8 Å². The molecule has 45 heavy (non-hydrogen) atoms. The van der Waals surface area contributed by atoms with Crippen LogP contribution in [-0.4, -0.2) is 85.1 Å². The molecule has 0 radical (unpaired) electrons. The molecule has 1 fully saturated rings. The molecule has 13 heteroatoms. The van der Waals surface area contributed by atoms with E-state index in [1.54, 1.807) is 49.2 Å². The largest absolute Gasteiger partial charge is 0.489 e. The zero-order valence-corrected chi connectivity index (χ0v) is 26.6. The highest BCUT2D eigenvalue weighted by Gasteiger charge is 2.33. The maximum atomic E-state index is 13.9. The molecular formula is C32H39FN6O5S. The monoisotopic (exact) mass is 638 g/mol.